The van der Waals surface area contributed by atoms with E-state index in [-0.39, 0.29) is 6.04 Å². The zero-order valence-corrected chi connectivity index (χ0v) is 24.2. The maximum atomic E-state index is 7.02. The van der Waals surface area contributed by atoms with Crippen molar-refractivity contribution in [2.45, 2.75) is 32.9 Å². The first-order valence-corrected chi connectivity index (χ1v) is 15.4. The highest BCUT2D eigenvalue weighted by Gasteiger charge is 2.24. The average molecular weight is 554 g/mol. The normalized spacial score (nSPS) is 12.5. The SMILES string of the molecule is CCc1ccccc1CN([C@H](C)c1ccccc1)p1oc2ccc3ccccc3c2c2c(ccc3ccccc32)o1. The van der Waals surface area contributed by atoms with E-state index in [1.165, 1.54) is 38.2 Å². The molecule has 41 heavy (non-hydrogen) atoms. The van der Waals surface area contributed by atoms with Crippen molar-refractivity contribution in [3.63, 3.8) is 0 Å². The number of benzene rings is 6. The van der Waals surface area contributed by atoms with Crippen molar-refractivity contribution in [3.8, 4) is 0 Å². The second-order valence-electron chi connectivity index (χ2n) is 10.5. The quantitative estimate of drug-likeness (QED) is 0.205. The Hall–Kier alpha value is -4.30. The van der Waals surface area contributed by atoms with Crippen LogP contribution < -0.4 is 4.67 Å². The monoisotopic (exact) mass is 553 g/mol. The molecule has 0 spiro atoms. The zero-order chi connectivity index (χ0) is 27.8. The van der Waals surface area contributed by atoms with Gasteiger partial charge in [-0.3, -0.25) is 0 Å². The number of fused-ring (bicyclic) bond motifs is 7. The Balaban J connectivity index is 1.57. The van der Waals surface area contributed by atoms with E-state index in [4.69, 9.17) is 8.39 Å². The molecule has 1 atom stereocenters. The van der Waals surface area contributed by atoms with Gasteiger partial charge in [0.25, 0.3) is 0 Å². The number of nitrogens with zero attached hydrogens (tertiary/aromatic N) is 1. The van der Waals surface area contributed by atoms with E-state index in [0.717, 1.165) is 34.9 Å². The van der Waals surface area contributed by atoms with Crippen LogP contribution in [0, 0.1) is 0 Å². The fourth-order valence-corrected chi connectivity index (χ4v) is 7.51. The van der Waals surface area contributed by atoms with Gasteiger partial charge >= 0.3 is 8.16 Å². The fraction of sp³-hybridized carbons (Fsp3) is 0.135. The Morgan fingerprint density at radius 2 is 1.10 bits per heavy atom. The summed E-state index contributed by atoms with van der Waals surface area (Å²) in [6.07, 6.45) is 0.979. The Morgan fingerprint density at radius 1 is 0.585 bits per heavy atom. The van der Waals surface area contributed by atoms with Gasteiger partial charge in [-0.25, -0.2) is 0 Å². The first kappa shape index (κ1) is 25.7. The average Bonchev–Trinajstić information content (AvgIpc) is 3.21. The third-order valence-corrected chi connectivity index (χ3v) is 9.77. The molecule has 0 radical (unpaired) electrons. The molecule has 202 valence electrons. The molecular formula is C37H32NO2P. The van der Waals surface area contributed by atoms with E-state index < -0.39 is 8.16 Å². The largest absolute Gasteiger partial charge is 0.408 e. The van der Waals surface area contributed by atoms with Crippen molar-refractivity contribution in [2.24, 2.45) is 0 Å². The van der Waals surface area contributed by atoms with Gasteiger partial charge in [-0.15, -0.1) is 0 Å². The van der Waals surface area contributed by atoms with E-state index in [1.54, 1.807) is 0 Å². The molecule has 0 N–H and O–H groups in total. The summed E-state index contributed by atoms with van der Waals surface area (Å²) in [4.78, 5) is 0. The van der Waals surface area contributed by atoms with E-state index >= 15 is 0 Å². The third-order valence-electron chi connectivity index (χ3n) is 8.15. The number of hydrogen-bond acceptors (Lipinski definition) is 3. The fourth-order valence-electron chi connectivity index (χ4n) is 5.93. The Kier molecular flexibility index (Phi) is 6.84. The smallest absolute Gasteiger partial charge is 0.310 e. The summed E-state index contributed by atoms with van der Waals surface area (Å²) in [5.41, 5.74) is 5.60. The van der Waals surface area contributed by atoms with Gasteiger partial charge in [0.1, 0.15) is 11.2 Å². The third kappa shape index (κ3) is 4.72. The summed E-state index contributed by atoms with van der Waals surface area (Å²) < 4.78 is 16.4. The van der Waals surface area contributed by atoms with Gasteiger partial charge < -0.3 is 8.39 Å². The van der Waals surface area contributed by atoms with Crippen molar-refractivity contribution in [1.29, 1.82) is 0 Å². The van der Waals surface area contributed by atoms with E-state index in [0.29, 0.717) is 0 Å². The Labute approximate surface area is 241 Å². The van der Waals surface area contributed by atoms with Crippen molar-refractivity contribution in [1.82, 2.24) is 0 Å². The minimum atomic E-state index is -1.52. The van der Waals surface area contributed by atoms with Crippen LogP contribution in [0.5, 0.6) is 0 Å². The molecule has 1 aromatic heterocycles. The van der Waals surface area contributed by atoms with Crippen molar-refractivity contribution in [3.05, 3.63) is 144 Å². The lowest BCUT2D eigenvalue weighted by Gasteiger charge is -2.27. The van der Waals surface area contributed by atoms with Crippen LogP contribution in [0.25, 0.3) is 43.5 Å². The predicted molar refractivity (Wildman–Crippen MR) is 174 cm³/mol. The summed E-state index contributed by atoms with van der Waals surface area (Å²) >= 11 is 0. The Morgan fingerprint density at radius 3 is 1.68 bits per heavy atom. The first-order valence-electron chi connectivity index (χ1n) is 14.3. The minimum Gasteiger partial charge on any atom is -0.408 e. The second-order valence-corrected chi connectivity index (χ2v) is 11.9. The Bertz CT molecular complexity index is 1950. The molecule has 7 rings (SSSR count). The van der Waals surface area contributed by atoms with Crippen molar-refractivity contribution in [2.75, 3.05) is 4.67 Å². The molecule has 0 aliphatic heterocycles. The standard InChI is InChI=1S/C37H32NO2P/c1-3-27-13-7-8-18-31(27)25-38(26(2)28-14-5-4-6-15-28)41-39-34-23-21-29-16-9-11-19-32(29)36(34)37-33-20-12-10-17-30(33)22-24-35(37)40-41/h4-24,26H,3,25H2,1-2H3/t26-/m1/s1. The van der Waals surface area contributed by atoms with Gasteiger partial charge in [-0.2, -0.15) is 4.67 Å². The lowest BCUT2D eigenvalue weighted by Crippen LogP contribution is -2.24. The van der Waals surface area contributed by atoms with Crippen LogP contribution in [-0.2, 0) is 13.0 Å². The molecule has 0 bridgehead atoms. The zero-order valence-electron chi connectivity index (χ0n) is 23.3. The summed E-state index contributed by atoms with van der Waals surface area (Å²) in [6.45, 7) is 5.19. The van der Waals surface area contributed by atoms with Crippen molar-refractivity contribution >= 4 is 51.6 Å². The lowest BCUT2D eigenvalue weighted by molar-refractivity contribution is 0.593. The first-order chi connectivity index (χ1) is 20.2. The van der Waals surface area contributed by atoms with E-state index in [9.17, 15) is 0 Å². The van der Waals surface area contributed by atoms with Crippen LogP contribution in [0.15, 0.2) is 136 Å². The highest BCUT2D eigenvalue weighted by atomic mass is 31.1. The van der Waals surface area contributed by atoms with Crippen LogP contribution in [0.2, 0.25) is 0 Å². The molecule has 0 fully saturated rings. The molecule has 0 saturated heterocycles. The molecule has 0 aliphatic rings. The van der Waals surface area contributed by atoms with Gasteiger partial charge in [0.15, 0.2) is 0 Å². The number of hydrogen-bond donors (Lipinski definition) is 0. The molecule has 0 saturated carbocycles. The minimum absolute atomic E-state index is 0.0677. The molecule has 1 heterocycles. The van der Waals surface area contributed by atoms with Crippen LogP contribution in [0.3, 0.4) is 0 Å². The van der Waals surface area contributed by atoms with Gasteiger partial charge in [0.2, 0.25) is 0 Å². The number of aryl methyl sites for hydroxylation is 1. The van der Waals surface area contributed by atoms with Crippen LogP contribution in [0.1, 0.15) is 36.6 Å². The molecule has 0 amide bonds. The van der Waals surface area contributed by atoms with E-state index in [2.05, 4.69) is 146 Å². The highest BCUT2D eigenvalue weighted by molar-refractivity contribution is 7.38. The summed E-state index contributed by atoms with van der Waals surface area (Å²) in [6, 6.07) is 45.1. The maximum absolute atomic E-state index is 7.02. The maximum Gasteiger partial charge on any atom is 0.310 e. The van der Waals surface area contributed by atoms with Gasteiger partial charge in [0, 0.05) is 23.4 Å². The molecule has 6 aromatic carbocycles. The molecule has 4 heteroatoms. The molecule has 3 nitrogen and oxygen atoms in total. The van der Waals surface area contributed by atoms with Crippen LogP contribution in [-0.4, -0.2) is 0 Å². The number of rotatable bonds is 6. The summed E-state index contributed by atoms with van der Waals surface area (Å²) in [7, 11) is -1.52. The summed E-state index contributed by atoms with van der Waals surface area (Å²) in [5, 5.41) is 6.91. The van der Waals surface area contributed by atoms with Gasteiger partial charge in [0.05, 0.1) is 0 Å². The second kappa shape index (κ2) is 10.9. The highest BCUT2D eigenvalue weighted by Crippen LogP contribution is 2.45. The van der Waals surface area contributed by atoms with Gasteiger partial charge in [-0.05, 0) is 63.7 Å². The molecular weight excluding hydrogens is 521 g/mol. The molecule has 0 aliphatic carbocycles. The molecule has 0 unspecified atom stereocenters. The van der Waals surface area contributed by atoms with Crippen LogP contribution >= 0.6 is 8.16 Å². The van der Waals surface area contributed by atoms with Crippen molar-refractivity contribution < 1.29 is 8.39 Å². The lowest BCUT2D eigenvalue weighted by atomic mass is 9.99. The topological polar surface area (TPSA) is 29.5 Å². The predicted octanol–water partition coefficient (Wildman–Crippen LogP) is 11.1. The van der Waals surface area contributed by atoms with Gasteiger partial charge in [-0.1, -0.05) is 122 Å². The van der Waals surface area contributed by atoms with Crippen LogP contribution in [0.4, 0.5) is 0 Å². The summed E-state index contributed by atoms with van der Waals surface area (Å²) in [5.74, 6) is 0. The van der Waals surface area contributed by atoms with E-state index in [1.807, 2.05) is 0 Å². The molecule has 7 aromatic rings.